The van der Waals surface area contributed by atoms with Gasteiger partial charge in [0.15, 0.2) is 23.0 Å². The van der Waals surface area contributed by atoms with Gasteiger partial charge in [0.1, 0.15) is 12.4 Å². The average molecular weight is 449 g/mol. The third-order valence-electron chi connectivity index (χ3n) is 4.89. The van der Waals surface area contributed by atoms with Gasteiger partial charge >= 0.3 is 5.69 Å². The summed E-state index contributed by atoms with van der Waals surface area (Å²) in [6.07, 6.45) is 3.04. The Morgan fingerprint density at radius 1 is 1.00 bits per heavy atom. The molecule has 0 aliphatic rings. The number of phenolic OH excluding ortho intramolecular Hbond substituents is 1. The summed E-state index contributed by atoms with van der Waals surface area (Å²) in [4.78, 5) is 23.3. The van der Waals surface area contributed by atoms with Crippen molar-refractivity contribution in [1.82, 2.24) is 0 Å². The molecule has 1 N–H and O–H groups in total. The van der Waals surface area contributed by atoms with Gasteiger partial charge in [-0.05, 0) is 60.5 Å². The number of nitrogens with zero attached hydrogens (tertiary/aromatic N) is 1. The van der Waals surface area contributed by atoms with E-state index in [0.717, 1.165) is 5.56 Å². The summed E-state index contributed by atoms with van der Waals surface area (Å²) in [5.74, 6) is 0.605. The lowest BCUT2D eigenvalue weighted by atomic mass is 10.1. The van der Waals surface area contributed by atoms with E-state index >= 15 is 0 Å². The number of nitro benzene ring substituents is 1. The monoisotopic (exact) mass is 449 g/mol. The molecule has 33 heavy (non-hydrogen) atoms. The van der Waals surface area contributed by atoms with E-state index in [9.17, 15) is 20.0 Å². The van der Waals surface area contributed by atoms with Crippen molar-refractivity contribution in [2.45, 2.75) is 13.5 Å². The smallest absolute Gasteiger partial charge is 0.311 e. The molecule has 3 aromatic carbocycles. The van der Waals surface area contributed by atoms with Crippen LogP contribution in [0.25, 0.3) is 6.08 Å². The third-order valence-corrected chi connectivity index (χ3v) is 4.89. The Morgan fingerprint density at radius 2 is 1.73 bits per heavy atom. The predicted molar refractivity (Wildman–Crippen MR) is 123 cm³/mol. The molecule has 0 atom stereocenters. The first kappa shape index (κ1) is 23.3. The van der Waals surface area contributed by atoms with Crippen LogP contribution in [-0.4, -0.2) is 30.0 Å². The van der Waals surface area contributed by atoms with Crippen molar-refractivity contribution in [3.8, 4) is 23.0 Å². The number of allylic oxidation sites excluding steroid dienone is 1. The zero-order chi connectivity index (χ0) is 24.0. The Bertz CT molecular complexity index is 1220. The number of hydrogen-bond donors (Lipinski definition) is 1. The van der Waals surface area contributed by atoms with Gasteiger partial charge in [0, 0.05) is 17.2 Å². The lowest BCUT2D eigenvalue weighted by Crippen LogP contribution is -2.02. The SMILES string of the molecule is COc1cc(C(=O)/C=C/c2ccc(OC)c(COc3ccc(C)cc3[N+](=O)[O-])c2)ccc1O. The molecular formula is C25H23NO7. The molecule has 0 aromatic heterocycles. The van der Waals surface area contributed by atoms with E-state index in [2.05, 4.69) is 0 Å². The summed E-state index contributed by atoms with van der Waals surface area (Å²) >= 11 is 0. The maximum absolute atomic E-state index is 12.5. The van der Waals surface area contributed by atoms with Crippen molar-refractivity contribution < 1.29 is 29.0 Å². The highest BCUT2D eigenvalue weighted by Gasteiger charge is 2.16. The maximum Gasteiger partial charge on any atom is 0.311 e. The third kappa shape index (κ3) is 5.68. The van der Waals surface area contributed by atoms with E-state index in [1.165, 1.54) is 44.6 Å². The fourth-order valence-corrected chi connectivity index (χ4v) is 3.16. The van der Waals surface area contributed by atoms with Gasteiger partial charge in [-0.25, -0.2) is 0 Å². The van der Waals surface area contributed by atoms with Gasteiger partial charge < -0.3 is 19.3 Å². The number of ether oxygens (including phenoxy) is 3. The number of carbonyl (C=O) groups excluding carboxylic acids is 1. The largest absolute Gasteiger partial charge is 0.504 e. The standard InChI is InChI=1S/C25H23NO7/c1-16-4-10-24(20(12-16)26(29)30)33-15-19-13-17(6-11-23(19)31-2)5-8-21(27)18-7-9-22(28)25(14-18)32-3/h4-14,28H,15H2,1-3H3/b8-5+. The second kappa shape index (κ2) is 10.3. The normalized spacial score (nSPS) is 10.8. The van der Waals surface area contributed by atoms with Gasteiger partial charge in [-0.15, -0.1) is 0 Å². The van der Waals surface area contributed by atoms with Crippen LogP contribution in [0.2, 0.25) is 0 Å². The van der Waals surface area contributed by atoms with Gasteiger partial charge in [0.2, 0.25) is 0 Å². The molecule has 0 saturated heterocycles. The minimum Gasteiger partial charge on any atom is -0.504 e. The highest BCUT2D eigenvalue weighted by Crippen LogP contribution is 2.30. The van der Waals surface area contributed by atoms with Gasteiger partial charge in [0.05, 0.1) is 19.1 Å². The van der Waals surface area contributed by atoms with Crippen LogP contribution in [0.4, 0.5) is 5.69 Å². The van der Waals surface area contributed by atoms with Crippen molar-refractivity contribution in [2.75, 3.05) is 14.2 Å². The molecule has 0 heterocycles. The first-order valence-corrected chi connectivity index (χ1v) is 9.96. The summed E-state index contributed by atoms with van der Waals surface area (Å²) in [6.45, 7) is 1.81. The van der Waals surface area contributed by atoms with Gasteiger partial charge in [0.25, 0.3) is 0 Å². The van der Waals surface area contributed by atoms with Crippen molar-refractivity contribution in [2.24, 2.45) is 0 Å². The topological polar surface area (TPSA) is 108 Å². The highest BCUT2D eigenvalue weighted by molar-refractivity contribution is 6.07. The first-order chi connectivity index (χ1) is 15.8. The lowest BCUT2D eigenvalue weighted by Gasteiger charge is -2.12. The van der Waals surface area contributed by atoms with E-state index in [-0.39, 0.29) is 35.3 Å². The molecule has 8 nitrogen and oxygen atoms in total. The second-order valence-electron chi connectivity index (χ2n) is 7.17. The van der Waals surface area contributed by atoms with E-state index in [1.54, 1.807) is 43.3 Å². The molecule has 0 aliphatic carbocycles. The van der Waals surface area contributed by atoms with Gasteiger partial charge in [-0.3, -0.25) is 14.9 Å². The van der Waals surface area contributed by atoms with Crippen LogP contribution >= 0.6 is 0 Å². The Hall–Kier alpha value is -4.33. The van der Waals surface area contributed by atoms with Crippen LogP contribution < -0.4 is 14.2 Å². The van der Waals surface area contributed by atoms with Crippen LogP contribution in [0.3, 0.4) is 0 Å². The zero-order valence-electron chi connectivity index (χ0n) is 18.4. The van der Waals surface area contributed by atoms with Gasteiger partial charge in [-0.2, -0.15) is 0 Å². The lowest BCUT2D eigenvalue weighted by molar-refractivity contribution is -0.386. The first-order valence-electron chi connectivity index (χ1n) is 9.96. The van der Waals surface area contributed by atoms with Crippen LogP contribution in [0, 0.1) is 17.0 Å². The number of ketones is 1. The summed E-state index contributed by atoms with van der Waals surface area (Å²) in [5, 5.41) is 21.0. The molecule has 0 aliphatic heterocycles. The fourth-order valence-electron chi connectivity index (χ4n) is 3.16. The predicted octanol–water partition coefficient (Wildman–Crippen LogP) is 5.10. The number of rotatable bonds is 9. The summed E-state index contributed by atoms with van der Waals surface area (Å²) < 4.78 is 16.1. The Labute approximate surface area is 190 Å². The van der Waals surface area contributed by atoms with Crippen molar-refractivity contribution in [1.29, 1.82) is 0 Å². The quantitative estimate of drug-likeness (QED) is 0.209. The fraction of sp³-hybridized carbons (Fsp3) is 0.160. The van der Waals surface area contributed by atoms with E-state index in [4.69, 9.17) is 14.2 Å². The molecule has 170 valence electrons. The second-order valence-corrected chi connectivity index (χ2v) is 7.17. The van der Waals surface area contributed by atoms with E-state index in [0.29, 0.717) is 22.4 Å². The number of aryl methyl sites for hydroxylation is 1. The number of benzene rings is 3. The molecule has 8 heteroatoms. The number of nitro groups is 1. The Balaban J connectivity index is 1.80. The molecule has 0 bridgehead atoms. The number of phenols is 1. The number of methoxy groups -OCH3 is 2. The summed E-state index contributed by atoms with van der Waals surface area (Å²) in [6, 6.07) is 14.4. The number of hydrogen-bond acceptors (Lipinski definition) is 7. The summed E-state index contributed by atoms with van der Waals surface area (Å²) in [5.41, 5.74) is 2.39. The van der Waals surface area contributed by atoms with Crippen LogP contribution in [0.5, 0.6) is 23.0 Å². The molecule has 0 saturated carbocycles. The minimum atomic E-state index is -0.483. The molecular weight excluding hydrogens is 426 g/mol. The molecule has 0 amide bonds. The molecule has 3 rings (SSSR count). The maximum atomic E-state index is 12.5. The van der Waals surface area contributed by atoms with E-state index < -0.39 is 4.92 Å². The molecule has 0 fully saturated rings. The van der Waals surface area contributed by atoms with Crippen molar-refractivity contribution in [3.63, 3.8) is 0 Å². The van der Waals surface area contributed by atoms with Crippen LogP contribution in [-0.2, 0) is 6.61 Å². The number of aromatic hydroxyl groups is 1. The van der Waals surface area contributed by atoms with Crippen LogP contribution in [0.1, 0.15) is 27.0 Å². The molecule has 3 aromatic rings. The summed E-state index contributed by atoms with van der Waals surface area (Å²) in [7, 11) is 2.93. The molecule has 0 spiro atoms. The van der Waals surface area contributed by atoms with Crippen LogP contribution in [0.15, 0.2) is 60.7 Å². The molecule has 0 unspecified atom stereocenters. The number of carbonyl (C=O) groups is 1. The Morgan fingerprint density at radius 3 is 2.42 bits per heavy atom. The van der Waals surface area contributed by atoms with Gasteiger partial charge in [-0.1, -0.05) is 18.2 Å². The Kier molecular flexibility index (Phi) is 7.30. The van der Waals surface area contributed by atoms with Crippen molar-refractivity contribution in [3.05, 3.63) is 93.0 Å². The average Bonchev–Trinajstić information content (AvgIpc) is 2.81. The van der Waals surface area contributed by atoms with Crippen molar-refractivity contribution >= 4 is 17.5 Å². The highest BCUT2D eigenvalue weighted by atomic mass is 16.6. The zero-order valence-corrected chi connectivity index (χ0v) is 18.4. The molecule has 0 radical (unpaired) electrons. The van der Waals surface area contributed by atoms with E-state index in [1.807, 2.05) is 0 Å². The minimum absolute atomic E-state index is 0.0395.